The summed E-state index contributed by atoms with van der Waals surface area (Å²) in [6.45, 7) is 5.04. The van der Waals surface area contributed by atoms with E-state index in [1.54, 1.807) is 11.3 Å². The van der Waals surface area contributed by atoms with Gasteiger partial charge in [0.2, 0.25) is 0 Å². The van der Waals surface area contributed by atoms with Crippen molar-refractivity contribution >= 4 is 21.6 Å². The number of fused-ring (bicyclic) bond motifs is 3. The number of nitrogens with zero attached hydrogens (tertiary/aromatic N) is 1. The van der Waals surface area contributed by atoms with Gasteiger partial charge in [-0.25, -0.2) is 4.98 Å². The molecule has 0 unspecified atom stereocenters. The average molecular weight is 447 g/mol. The van der Waals surface area contributed by atoms with Crippen LogP contribution in [0, 0.1) is 13.8 Å². The van der Waals surface area contributed by atoms with Crippen molar-refractivity contribution in [2.24, 2.45) is 0 Å². The predicted molar refractivity (Wildman–Crippen MR) is 129 cm³/mol. The van der Waals surface area contributed by atoms with Crippen LogP contribution in [-0.4, -0.2) is 23.2 Å². The van der Waals surface area contributed by atoms with Gasteiger partial charge in [0.15, 0.2) is 0 Å². The third-order valence-corrected chi connectivity index (χ3v) is 7.22. The highest BCUT2D eigenvalue weighted by Crippen LogP contribution is 2.34. The third-order valence-electron chi connectivity index (χ3n) is 6.03. The summed E-state index contributed by atoms with van der Waals surface area (Å²) < 4.78 is 11.7. The van der Waals surface area contributed by atoms with Gasteiger partial charge in [-0.15, -0.1) is 11.3 Å². The van der Waals surface area contributed by atoms with Crippen LogP contribution in [0.25, 0.3) is 21.6 Å². The highest BCUT2D eigenvalue weighted by Gasteiger charge is 2.20. The Balaban J connectivity index is 1.30. The van der Waals surface area contributed by atoms with Crippen LogP contribution < -0.4 is 15.0 Å². The number of benzene rings is 2. The van der Waals surface area contributed by atoms with Crippen molar-refractivity contribution < 1.29 is 9.47 Å². The van der Waals surface area contributed by atoms with Crippen molar-refractivity contribution in [2.75, 3.05) is 13.2 Å². The molecule has 0 saturated heterocycles. The van der Waals surface area contributed by atoms with Crippen molar-refractivity contribution in [3.63, 3.8) is 0 Å². The van der Waals surface area contributed by atoms with E-state index < -0.39 is 0 Å². The normalized spacial score (nSPS) is 13.2. The van der Waals surface area contributed by atoms with E-state index in [0.29, 0.717) is 19.0 Å². The molecular formula is C26H26N2O3S. The van der Waals surface area contributed by atoms with Crippen molar-refractivity contribution in [3.05, 3.63) is 74.4 Å². The van der Waals surface area contributed by atoms with Crippen LogP contribution in [-0.2, 0) is 12.8 Å². The second-order valence-corrected chi connectivity index (χ2v) is 9.36. The molecule has 6 heteroatoms. The molecule has 4 aromatic rings. The number of aromatic amines is 1. The molecule has 5 rings (SSSR count). The van der Waals surface area contributed by atoms with Gasteiger partial charge in [0.1, 0.15) is 35.4 Å². The van der Waals surface area contributed by atoms with Crippen LogP contribution in [0.5, 0.6) is 11.5 Å². The Bertz CT molecular complexity index is 1340. The first-order valence-electron chi connectivity index (χ1n) is 11.1. The van der Waals surface area contributed by atoms with Crippen LogP contribution in [0.15, 0.2) is 47.3 Å². The number of nitrogens with one attached hydrogen (secondary N) is 1. The maximum absolute atomic E-state index is 12.8. The molecule has 5 nitrogen and oxygen atoms in total. The van der Waals surface area contributed by atoms with Gasteiger partial charge >= 0.3 is 0 Å². The summed E-state index contributed by atoms with van der Waals surface area (Å²) in [5.41, 5.74) is 4.46. The quantitative estimate of drug-likeness (QED) is 0.391. The van der Waals surface area contributed by atoms with E-state index in [4.69, 9.17) is 14.5 Å². The average Bonchev–Trinajstić information content (AvgIpc) is 3.18. The lowest BCUT2D eigenvalue weighted by Crippen LogP contribution is -2.11. The lowest BCUT2D eigenvalue weighted by molar-refractivity contribution is 0.217. The zero-order valence-electron chi connectivity index (χ0n) is 18.4. The zero-order valence-corrected chi connectivity index (χ0v) is 19.2. The van der Waals surface area contributed by atoms with Gasteiger partial charge in [0.05, 0.1) is 5.39 Å². The summed E-state index contributed by atoms with van der Waals surface area (Å²) in [5, 5.41) is 0.782. The molecule has 0 bridgehead atoms. The Morgan fingerprint density at radius 1 is 0.969 bits per heavy atom. The van der Waals surface area contributed by atoms with E-state index in [1.807, 2.05) is 36.4 Å². The van der Waals surface area contributed by atoms with Crippen LogP contribution in [0.2, 0.25) is 0 Å². The van der Waals surface area contributed by atoms with Gasteiger partial charge in [-0.05, 0) is 80.5 Å². The number of rotatable bonds is 6. The first-order chi connectivity index (χ1) is 15.6. The molecule has 0 radical (unpaired) electrons. The van der Waals surface area contributed by atoms with E-state index in [1.165, 1.54) is 28.0 Å². The molecule has 2 aromatic carbocycles. The standard InChI is InChI=1S/C26H26N2O3S/c1-16-10-11-20(14-17(16)2)31-13-12-30-19-7-5-6-18(15-19)24-27-25(29)23-21-8-3-4-9-22(21)32-26(23)28-24/h5-7,10-11,14-15H,3-4,8-9,12-13H2,1-2H3,(H,27,28,29). The van der Waals surface area contributed by atoms with E-state index in [9.17, 15) is 4.79 Å². The van der Waals surface area contributed by atoms with Gasteiger partial charge in [0.25, 0.3) is 5.56 Å². The maximum atomic E-state index is 12.8. The Morgan fingerprint density at radius 2 is 1.75 bits per heavy atom. The first kappa shape index (κ1) is 20.8. The van der Waals surface area contributed by atoms with Crippen LogP contribution in [0.1, 0.15) is 34.4 Å². The minimum absolute atomic E-state index is 0.0440. The van der Waals surface area contributed by atoms with Crippen molar-refractivity contribution in [1.82, 2.24) is 9.97 Å². The Morgan fingerprint density at radius 3 is 2.56 bits per heavy atom. The van der Waals surface area contributed by atoms with E-state index in [0.717, 1.165) is 46.5 Å². The Labute approximate surface area is 191 Å². The lowest BCUT2D eigenvalue weighted by Gasteiger charge is -2.11. The molecule has 1 aliphatic rings. The van der Waals surface area contributed by atoms with Crippen LogP contribution in [0.3, 0.4) is 0 Å². The maximum Gasteiger partial charge on any atom is 0.260 e. The fourth-order valence-electron chi connectivity index (χ4n) is 4.16. The van der Waals surface area contributed by atoms with Gasteiger partial charge in [-0.2, -0.15) is 0 Å². The van der Waals surface area contributed by atoms with Crippen molar-refractivity contribution in [1.29, 1.82) is 0 Å². The summed E-state index contributed by atoms with van der Waals surface area (Å²) in [7, 11) is 0. The fourth-order valence-corrected chi connectivity index (χ4v) is 5.42. The van der Waals surface area contributed by atoms with Gasteiger partial charge < -0.3 is 14.5 Å². The topological polar surface area (TPSA) is 64.2 Å². The molecule has 0 saturated carbocycles. The van der Waals surface area contributed by atoms with Gasteiger partial charge in [-0.3, -0.25) is 4.79 Å². The summed E-state index contributed by atoms with van der Waals surface area (Å²) in [4.78, 5) is 22.8. The van der Waals surface area contributed by atoms with Crippen LogP contribution >= 0.6 is 11.3 Å². The molecule has 0 atom stereocenters. The van der Waals surface area contributed by atoms with Gasteiger partial charge in [-0.1, -0.05) is 18.2 Å². The fraction of sp³-hybridized carbons (Fsp3) is 0.308. The highest BCUT2D eigenvalue weighted by molar-refractivity contribution is 7.18. The van der Waals surface area contributed by atoms with Crippen LogP contribution in [0.4, 0.5) is 0 Å². The van der Waals surface area contributed by atoms with Crippen molar-refractivity contribution in [2.45, 2.75) is 39.5 Å². The second-order valence-electron chi connectivity index (χ2n) is 8.28. The SMILES string of the molecule is Cc1ccc(OCCOc2cccc(-c3nc4sc5c(c4c(=O)[nH]3)CCCC5)c2)cc1C. The molecule has 1 aliphatic carbocycles. The highest BCUT2D eigenvalue weighted by atomic mass is 32.1. The van der Waals surface area contributed by atoms with E-state index in [-0.39, 0.29) is 5.56 Å². The number of thiophene rings is 1. The van der Waals surface area contributed by atoms with Gasteiger partial charge in [0, 0.05) is 10.4 Å². The molecule has 1 N–H and O–H groups in total. The Kier molecular flexibility index (Phi) is 5.70. The minimum atomic E-state index is -0.0440. The molecule has 0 spiro atoms. The molecular weight excluding hydrogens is 420 g/mol. The lowest BCUT2D eigenvalue weighted by atomic mass is 9.97. The molecule has 0 fully saturated rings. The largest absolute Gasteiger partial charge is 0.490 e. The van der Waals surface area contributed by atoms with Crippen molar-refractivity contribution in [3.8, 4) is 22.9 Å². The Hall–Kier alpha value is -3.12. The smallest absolute Gasteiger partial charge is 0.260 e. The first-order valence-corrected chi connectivity index (χ1v) is 11.9. The molecule has 0 amide bonds. The zero-order chi connectivity index (χ0) is 22.1. The number of aryl methyl sites for hydroxylation is 4. The monoisotopic (exact) mass is 446 g/mol. The minimum Gasteiger partial charge on any atom is -0.490 e. The molecule has 2 heterocycles. The summed E-state index contributed by atoms with van der Waals surface area (Å²) in [6.07, 6.45) is 4.37. The molecule has 0 aliphatic heterocycles. The number of ether oxygens (including phenoxy) is 2. The predicted octanol–water partition coefficient (Wildman–Crippen LogP) is 5.61. The summed E-state index contributed by atoms with van der Waals surface area (Å²) in [5.74, 6) is 2.15. The van der Waals surface area contributed by atoms with E-state index in [2.05, 4.69) is 24.9 Å². The van der Waals surface area contributed by atoms with E-state index >= 15 is 0 Å². The number of hydrogen-bond acceptors (Lipinski definition) is 5. The molecule has 2 aromatic heterocycles. The second kappa shape index (κ2) is 8.79. The molecule has 164 valence electrons. The summed E-state index contributed by atoms with van der Waals surface area (Å²) >= 11 is 1.66. The third kappa shape index (κ3) is 4.15. The molecule has 32 heavy (non-hydrogen) atoms. The number of aromatic nitrogens is 2. The number of hydrogen-bond donors (Lipinski definition) is 1. The summed E-state index contributed by atoms with van der Waals surface area (Å²) in [6, 6.07) is 13.7. The number of H-pyrrole nitrogens is 1.